The Balaban J connectivity index is 1.88. The molecule has 0 spiro atoms. The van der Waals surface area contributed by atoms with Gasteiger partial charge in [0.1, 0.15) is 17.3 Å². The highest BCUT2D eigenvalue weighted by Crippen LogP contribution is 2.46. The number of piperidine rings is 1. The summed E-state index contributed by atoms with van der Waals surface area (Å²) in [6.07, 6.45) is 3.12. The van der Waals surface area contributed by atoms with Crippen LogP contribution in [-0.4, -0.2) is 76.6 Å². The van der Waals surface area contributed by atoms with Crippen LogP contribution in [0.5, 0.6) is 0 Å². The lowest BCUT2D eigenvalue weighted by molar-refractivity contribution is 0.0160. The fourth-order valence-electron chi connectivity index (χ4n) is 4.75. The lowest BCUT2D eigenvalue weighted by atomic mass is 9.89. The van der Waals surface area contributed by atoms with E-state index >= 15 is 0 Å². The van der Waals surface area contributed by atoms with Gasteiger partial charge in [-0.05, 0) is 67.4 Å². The molecule has 198 valence electrons. The molecule has 1 atom stereocenters. The summed E-state index contributed by atoms with van der Waals surface area (Å²) in [5, 5.41) is 14.0. The van der Waals surface area contributed by atoms with Gasteiger partial charge in [-0.1, -0.05) is 0 Å². The van der Waals surface area contributed by atoms with E-state index in [1.54, 1.807) is 17.2 Å². The molecular weight excluding hydrogens is 464 g/mol. The molecule has 36 heavy (non-hydrogen) atoms. The Morgan fingerprint density at radius 3 is 2.28 bits per heavy atom. The molecule has 2 N–H and O–H groups in total. The average Bonchev–Trinajstić information content (AvgIpc) is 3.12. The minimum atomic E-state index is -1.08. The van der Waals surface area contributed by atoms with Crippen molar-refractivity contribution in [1.82, 2.24) is 19.7 Å². The second-order valence-corrected chi connectivity index (χ2v) is 11.8. The summed E-state index contributed by atoms with van der Waals surface area (Å²) in [7, 11) is 1.30. The van der Waals surface area contributed by atoms with E-state index in [2.05, 4.69) is 17.2 Å². The van der Waals surface area contributed by atoms with Crippen molar-refractivity contribution >= 4 is 29.5 Å². The number of carbonyl (C=O) groups excluding carboxylic acids is 2. The summed E-state index contributed by atoms with van der Waals surface area (Å²) in [4.78, 5) is 43.9. The number of amides is 2. The van der Waals surface area contributed by atoms with Crippen molar-refractivity contribution in [3.63, 3.8) is 0 Å². The predicted octanol–water partition coefficient (Wildman–Crippen LogP) is 4.39. The number of likely N-dealkylation sites (tertiary alicyclic amines) is 1. The zero-order valence-corrected chi connectivity index (χ0v) is 22.6. The third-order valence-corrected chi connectivity index (χ3v) is 6.93. The molecule has 10 heteroatoms. The van der Waals surface area contributed by atoms with Crippen molar-refractivity contribution in [3.8, 4) is 0 Å². The summed E-state index contributed by atoms with van der Waals surface area (Å²) in [5.74, 6) is -0.254. The van der Waals surface area contributed by atoms with Gasteiger partial charge in [0.2, 0.25) is 0 Å². The number of fused-ring (bicyclic) bond motifs is 1. The normalized spacial score (nSPS) is 21.4. The molecule has 0 radical (unpaired) electrons. The molecule has 1 unspecified atom stereocenters. The molecule has 0 aliphatic carbocycles. The average molecular weight is 504 g/mol. The second-order valence-electron chi connectivity index (χ2n) is 11.8. The van der Waals surface area contributed by atoms with E-state index < -0.39 is 27.7 Å². The van der Waals surface area contributed by atoms with Crippen molar-refractivity contribution in [2.75, 3.05) is 26.7 Å². The van der Waals surface area contributed by atoms with Crippen LogP contribution < -0.4 is 9.80 Å². The first-order chi connectivity index (χ1) is 16.5. The minimum absolute atomic E-state index is 0.283. The maximum atomic E-state index is 12.7. The third-order valence-electron chi connectivity index (χ3n) is 6.93. The quantitative estimate of drug-likeness (QED) is 0.459. The van der Waals surface area contributed by atoms with Gasteiger partial charge in [-0.2, -0.15) is 4.79 Å². The van der Waals surface area contributed by atoms with Gasteiger partial charge in [0.15, 0.2) is 0 Å². The molecule has 1 saturated heterocycles. The monoisotopic (exact) mass is 503 g/mol. The number of hydrogen-bond donors (Lipinski definition) is 2. The number of rotatable bonds is 4. The highest BCUT2D eigenvalue weighted by Gasteiger charge is 2.56. The molecule has 1 aromatic rings. The fourth-order valence-corrected chi connectivity index (χ4v) is 4.75. The SMILES string of the molecule is COC(=O)c1ccnc2c1C(CNC1(C)CCN(C(=O)OC(C)(C)C)CC1)=C[N+]2(C(=O)O)C(C)(C)C. The first-order valence-corrected chi connectivity index (χ1v) is 12.2. The Labute approximate surface area is 212 Å². The number of carbonyl (C=O) groups is 3. The van der Waals surface area contributed by atoms with Crippen molar-refractivity contribution < 1.29 is 29.0 Å². The van der Waals surface area contributed by atoms with E-state index in [1.807, 2.05) is 41.5 Å². The van der Waals surface area contributed by atoms with Crippen molar-refractivity contribution in [2.24, 2.45) is 0 Å². The van der Waals surface area contributed by atoms with Crippen LogP contribution in [-0.2, 0) is 9.47 Å². The Morgan fingerprint density at radius 1 is 1.17 bits per heavy atom. The summed E-state index contributed by atoms with van der Waals surface area (Å²) in [6, 6.07) is 1.56. The Bertz CT molecular complexity index is 1080. The summed E-state index contributed by atoms with van der Waals surface area (Å²) >= 11 is 0. The van der Waals surface area contributed by atoms with Crippen LogP contribution in [0.3, 0.4) is 0 Å². The number of quaternary nitrogens is 1. The first-order valence-electron chi connectivity index (χ1n) is 12.2. The Hall–Kier alpha value is -2.98. The second kappa shape index (κ2) is 9.48. The van der Waals surface area contributed by atoms with Crippen LogP contribution >= 0.6 is 0 Å². The van der Waals surface area contributed by atoms with Gasteiger partial charge in [0.25, 0.3) is 5.82 Å². The Morgan fingerprint density at radius 2 is 1.78 bits per heavy atom. The van der Waals surface area contributed by atoms with Gasteiger partial charge in [-0.25, -0.2) is 14.6 Å². The molecule has 10 nitrogen and oxygen atoms in total. The summed E-state index contributed by atoms with van der Waals surface area (Å²) in [5.41, 5.74) is -0.170. The van der Waals surface area contributed by atoms with E-state index in [1.165, 1.54) is 13.3 Å². The van der Waals surface area contributed by atoms with Crippen LogP contribution in [0.2, 0.25) is 0 Å². The number of esters is 1. The van der Waals surface area contributed by atoms with Crippen LogP contribution in [0.1, 0.15) is 77.2 Å². The zero-order chi connectivity index (χ0) is 27.1. The molecule has 2 aliphatic heterocycles. The smallest absolute Gasteiger partial charge is 0.465 e. The fraction of sp³-hybridized carbons (Fsp3) is 0.615. The standard InChI is InChI=1S/C26H38N4O6/c1-24(2,3)30(23(33)34)16-17(19-18(21(31)35-8)9-12-27-20(19)30)15-28-26(7)10-13-29(14-11-26)22(32)36-25(4,5)6/h9,12,16,28H,10-11,13-15H2,1-8H3/p+1. The number of ether oxygens (including phenoxy) is 2. The lowest BCUT2D eigenvalue weighted by Crippen LogP contribution is -2.60. The molecule has 2 aliphatic rings. The highest BCUT2D eigenvalue weighted by molar-refractivity contribution is 6.03. The Kier molecular flexibility index (Phi) is 7.27. The van der Waals surface area contributed by atoms with Crippen LogP contribution in [0.15, 0.2) is 18.5 Å². The van der Waals surface area contributed by atoms with Gasteiger partial charge in [-0.15, -0.1) is 4.48 Å². The zero-order valence-electron chi connectivity index (χ0n) is 22.6. The van der Waals surface area contributed by atoms with Crippen LogP contribution in [0.4, 0.5) is 15.4 Å². The predicted molar refractivity (Wildman–Crippen MR) is 137 cm³/mol. The van der Waals surface area contributed by atoms with Crippen molar-refractivity contribution in [3.05, 3.63) is 29.6 Å². The number of carboxylic acid groups (broad SMARTS) is 1. The number of nitrogens with one attached hydrogen (secondary N) is 1. The summed E-state index contributed by atoms with van der Waals surface area (Å²) < 4.78 is 9.95. The number of nitrogens with zero attached hydrogens (tertiary/aromatic N) is 3. The molecular formula is C26H39N4O6+. The van der Waals surface area contributed by atoms with E-state index in [-0.39, 0.29) is 17.2 Å². The highest BCUT2D eigenvalue weighted by atomic mass is 16.6. The summed E-state index contributed by atoms with van der Waals surface area (Å²) in [6.45, 7) is 14.5. The molecule has 3 rings (SSSR count). The van der Waals surface area contributed by atoms with Crippen molar-refractivity contribution in [1.29, 1.82) is 0 Å². The minimum Gasteiger partial charge on any atom is -0.465 e. The maximum Gasteiger partial charge on any atom is 0.525 e. The first kappa shape index (κ1) is 27.6. The number of aromatic nitrogens is 1. The third kappa shape index (κ3) is 5.10. The molecule has 0 bridgehead atoms. The van der Waals surface area contributed by atoms with E-state index in [9.17, 15) is 19.5 Å². The van der Waals surface area contributed by atoms with Gasteiger partial charge in [-0.3, -0.25) is 0 Å². The van der Waals surface area contributed by atoms with Crippen LogP contribution in [0, 0.1) is 0 Å². The molecule has 3 heterocycles. The molecule has 0 aromatic carbocycles. The van der Waals surface area contributed by atoms with E-state index in [0.717, 1.165) is 0 Å². The molecule has 2 amide bonds. The number of pyridine rings is 1. The largest absolute Gasteiger partial charge is 0.525 e. The molecule has 0 saturated carbocycles. The maximum absolute atomic E-state index is 12.7. The van der Waals surface area contributed by atoms with Gasteiger partial charge >= 0.3 is 18.2 Å². The van der Waals surface area contributed by atoms with Gasteiger partial charge in [0, 0.05) is 36.9 Å². The lowest BCUT2D eigenvalue weighted by Gasteiger charge is -2.40. The number of methoxy groups -OCH3 is 1. The van der Waals surface area contributed by atoms with E-state index in [4.69, 9.17) is 9.47 Å². The molecule has 1 fully saturated rings. The number of hydrogen-bond acceptors (Lipinski definition) is 7. The molecule has 1 aromatic heterocycles. The van der Waals surface area contributed by atoms with Crippen LogP contribution in [0.25, 0.3) is 5.57 Å². The van der Waals surface area contributed by atoms with E-state index in [0.29, 0.717) is 49.4 Å². The van der Waals surface area contributed by atoms with Gasteiger partial charge in [0.05, 0.1) is 18.2 Å². The topological polar surface area (TPSA) is 118 Å². The van der Waals surface area contributed by atoms with Crippen molar-refractivity contribution in [2.45, 2.75) is 78.0 Å². The van der Waals surface area contributed by atoms with Gasteiger partial charge < -0.3 is 24.8 Å².